The SMILES string of the molecule is CC(c1nnc(-c2cccs2)o1)N1CCC(C(=O)N2CCOCC2)CC1. The number of ether oxygens (including phenoxy) is 1. The largest absolute Gasteiger partial charge is 0.418 e. The Kier molecular flexibility index (Phi) is 5.33. The minimum absolute atomic E-state index is 0.0654. The van der Waals surface area contributed by atoms with Crippen molar-refractivity contribution in [1.29, 1.82) is 0 Å². The van der Waals surface area contributed by atoms with Crippen molar-refractivity contribution in [3.63, 3.8) is 0 Å². The maximum Gasteiger partial charge on any atom is 0.257 e. The third-order valence-corrected chi connectivity index (χ3v) is 6.14. The monoisotopic (exact) mass is 376 g/mol. The molecule has 2 aliphatic rings. The van der Waals surface area contributed by atoms with E-state index in [0.717, 1.165) is 43.9 Å². The summed E-state index contributed by atoms with van der Waals surface area (Å²) in [6, 6.07) is 4.02. The number of nitrogens with zero attached hydrogens (tertiary/aromatic N) is 4. The molecule has 2 aromatic heterocycles. The zero-order valence-corrected chi connectivity index (χ0v) is 15.8. The Bertz CT molecular complexity index is 719. The summed E-state index contributed by atoms with van der Waals surface area (Å²) in [5.74, 6) is 1.64. The van der Waals surface area contributed by atoms with Crippen LogP contribution < -0.4 is 0 Å². The van der Waals surface area contributed by atoms with Crippen LogP contribution in [0.3, 0.4) is 0 Å². The summed E-state index contributed by atoms with van der Waals surface area (Å²) in [6.45, 7) is 6.61. The van der Waals surface area contributed by atoms with Crippen molar-refractivity contribution >= 4 is 17.2 Å². The van der Waals surface area contributed by atoms with Gasteiger partial charge in [0, 0.05) is 19.0 Å². The van der Waals surface area contributed by atoms with Crippen LogP contribution in [0.2, 0.25) is 0 Å². The van der Waals surface area contributed by atoms with Crippen LogP contribution in [-0.2, 0) is 9.53 Å². The highest BCUT2D eigenvalue weighted by molar-refractivity contribution is 7.13. The second kappa shape index (κ2) is 7.85. The number of hydrogen-bond acceptors (Lipinski definition) is 7. The van der Waals surface area contributed by atoms with Crippen molar-refractivity contribution in [2.24, 2.45) is 5.92 Å². The van der Waals surface area contributed by atoms with Gasteiger partial charge < -0.3 is 14.1 Å². The highest BCUT2D eigenvalue weighted by Gasteiger charge is 2.32. The van der Waals surface area contributed by atoms with Gasteiger partial charge in [-0.2, -0.15) is 0 Å². The number of hydrogen-bond donors (Lipinski definition) is 0. The number of carbonyl (C=O) groups is 1. The summed E-state index contributed by atoms with van der Waals surface area (Å²) in [5, 5.41) is 10.4. The minimum atomic E-state index is 0.0654. The normalized spacial score (nSPS) is 21.0. The van der Waals surface area contributed by atoms with E-state index in [9.17, 15) is 4.79 Å². The van der Waals surface area contributed by atoms with E-state index in [1.54, 1.807) is 11.3 Å². The van der Waals surface area contributed by atoms with Crippen LogP contribution in [0.5, 0.6) is 0 Å². The minimum Gasteiger partial charge on any atom is -0.418 e. The van der Waals surface area contributed by atoms with Gasteiger partial charge in [-0.25, -0.2) is 0 Å². The average Bonchev–Trinajstić information content (AvgIpc) is 3.39. The molecule has 0 radical (unpaired) electrons. The van der Waals surface area contributed by atoms with Crippen LogP contribution in [-0.4, -0.2) is 65.3 Å². The van der Waals surface area contributed by atoms with E-state index in [1.165, 1.54) is 0 Å². The molecule has 7 nitrogen and oxygen atoms in total. The number of piperidine rings is 1. The molecule has 0 aromatic carbocycles. The summed E-state index contributed by atoms with van der Waals surface area (Å²) >= 11 is 1.59. The van der Waals surface area contributed by atoms with Gasteiger partial charge in [0.05, 0.1) is 24.1 Å². The third kappa shape index (κ3) is 3.67. The van der Waals surface area contributed by atoms with Crippen LogP contribution >= 0.6 is 11.3 Å². The highest BCUT2D eigenvalue weighted by atomic mass is 32.1. The molecule has 1 unspecified atom stereocenters. The molecule has 1 amide bonds. The number of carbonyl (C=O) groups excluding carboxylic acids is 1. The Morgan fingerprint density at radius 2 is 2.00 bits per heavy atom. The quantitative estimate of drug-likeness (QED) is 0.816. The number of thiophene rings is 1. The lowest BCUT2D eigenvalue weighted by molar-refractivity contribution is -0.141. The maximum absolute atomic E-state index is 12.6. The van der Waals surface area contributed by atoms with Gasteiger partial charge >= 0.3 is 0 Å². The van der Waals surface area contributed by atoms with Crippen LogP contribution in [0.25, 0.3) is 10.8 Å². The molecule has 4 heterocycles. The molecule has 2 fully saturated rings. The van der Waals surface area contributed by atoms with Gasteiger partial charge in [-0.3, -0.25) is 9.69 Å². The van der Waals surface area contributed by atoms with Crippen LogP contribution in [0, 0.1) is 5.92 Å². The molecule has 140 valence electrons. The first-order chi connectivity index (χ1) is 12.7. The Morgan fingerprint density at radius 1 is 1.23 bits per heavy atom. The molecule has 4 rings (SSSR count). The van der Waals surface area contributed by atoms with E-state index in [0.29, 0.717) is 30.9 Å². The molecule has 2 aliphatic heterocycles. The molecule has 26 heavy (non-hydrogen) atoms. The Morgan fingerprint density at radius 3 is 2.69 bits per heavy atom. The second-order valence-electron chi connectivity index (χ2n) is 6.85. The molecule has 0 bridgehead atoms. The van der Waals surface area contributed by atoms with Gasteiger partial charge in [0.15, 0.2) is 0 Å². The van der Waals surface area contributed by atoms with Gasteiger partial charge in [0.2, 0.25) is 11.8 Å². The molecule has 0 N–H and O–H groups in total. The Labute approximate surface area is 156 Å². The average molecular weight is 376 g/mol. The van der Waals surface area contributed by atoms with Crippen molar-refractivity contribution in [3.05, 3.63) is 23.4 Å². The molecule has 2 aromatic rings. The summed E-state index contributed by atoms with van der Waals surface area (Å²) < 4.78 is 11.2. The van der Waals surface area contributed by atoms with Crippen molar-refractivity contribution in [1.82, 2.24) is 20.0 Å². The fraction of sp³-hybridized carbons (Fsp3) is 0.611. The van der Waals surface area contributed by atoms with Crippen molar-refractivity contribution in [3.8, 4) is 10.8 Å². The molecular weight excluding hydrogens is 352 g/mol. The van der Waals surface area contributed by atoms with Gasteiger partial charge in [0.1, 0.15) is 0 Å². The predicted molar refractivity (Wildman–Crippen MR) is 97.7 cm³/mol. The molecule has 0 saturated carbocycles. The molecule has 2 saturated heterocycles. The van der Waals surface area contributed by atoms with E-state index >= 15 is 0 Å². The lowest BCUT2D eigenvalue weighted by atomic mass is 9.94. The van der Waals surface area contributed by atoms with E-state index in [4.69, 9.17) is 9.15 Å². The molecule has 0 spiro atoms. The topological polar surface area (TPSA) is 71.7 Å². The first-order valence-electron chi connectivity index (χ1n) is 9.20. The van der Waals surface area contributed by atoms with Crippen LogP contribution in [0.1, 0.15) is 31.7 Å². The zero-order chi connectivity index (χ0) is 17.9. The van der Waals surface area contributed by atoms with E-state index < -0.39 is 0 Å². The highest BCUT2D eigenvalue weighted by Crippen LogP contribution is 2.30. The zero-order valence-electron chi connectivity index (χ0n) is 15.0. The lowest BCUT2D eigenvalue weighted by Gasteiger charge is -2.37. The van der Waals surface area contributed by atoms with Crippen molar-refractivity contribution < 1.29 is 13.9 Å². The van der Waals surface area contributed by atoms with Gasteiger partial charge in [0.25, 0.3) is 5.89 Å². The van der Waals surface area contributed by atoms with E-state index in [2.05, 4.69) is 22.0 Å². The van der Waals surface area contributed by atoms with Crippen LogP contribution in [0.15, 0.2) is 21.9 Å². The predicted octanol–water partition coefficient (Wildman–Crippen LogP) is 2.43. The lowest BCUT2D eigenvalue weighted by Crippen LogP contribution is -2.47. The van der Waals surface area contributed by atoms with Crippen LogP contribution in [0.4, 0.5) is 0 Å². The van der Waals surface area contributed by atoms with E-state index in [-0.39, 0.29) is 12.0 Å². The fourth-order valence-electron chi connectivity index (χ4n) is 3.64. The number of amides is 1. The van der Waals surface area contributed by atoms with Gasteiger partial charge in [-0.15, -0.1) is 21.5 Å². The van der Waals surface area contributed by atoms with E-state index in [1.807, 2.05) is 22.4 Å². The molecule has 1 atom stereocenters. The first kappa shape index (κ1) is 17.6. The van der Waals surface area contributed by atoms with Crippen molar-refractivity contribution in [2.45, 2.75) is 25.8 Å². The Hall–Kier alpha value is -1.77. The summed E-state index contributed by atoms with van der Waals surface area (Å²) in [6.07, 6.45) is 1.76. The Balaban J connectivity index is 1.33. The number of rotatable bonds is 4. The number of likely N-dealkylation sites (tertiary alicyclic amines) is 1. The summed E-state index contributed by atoms with van der Waals surface area (Å²) in [4.78, 5) is 17.9. The second-order valence-corrected chi connectivity index (χ2v) is 7.79. The maximum atomic E-state index is 12.6. The third-order valence-electron chi connectivity index (χ3n) is 5.28. The smallest absolute Gasteiger partial charge is 0.257 e. The van der Waals surface area contributed by atoms with Gasteiger partial charge in [-0.1, -0.05) is 6.07 Å². The molecule has 8 heteroatoms. The fourth-order valence-corrected chi connectivity index (χ4v) is 4.28. The van der Waals surface area contributed by atoms with Gasteiger partial charge in [-0.05, 0) is 44.3 Å². The molecular formula is C18H24N4O3S. The first-order valence-corrected chi connectivity index (χ1v) is 10.1. The summed E-state index contributed by atoms with van der Waals surface area (Å²) in [7, 11) is 0. The molecule has 0 aliphatic carbocycles. The standard InChI is InChI=1S/C18H24N4O3S/c1-13(16-19-20-17(25-16)15-3-2-12-26-15)21-6-4-14(5-7-21)18(23)22-8-10-24-11-9-22/h2-3,12-14H,4-11H2,1H3. The number of morpholine rings is 1. The summed E-state index contributed by atoms with van der Waals surface area (Å²) in [5.41, 5.74) is 0. The van der Waals surface area contributed by atoms with Crippen molar-refractivity contribution in [2.75, 3.05) is 39.4 Å². The number of aromatic nitrogens is 2.